The lowest BCUT2D eigenvalue weighted by Crippen LogP contribution is -2.46. The summed E-state index contributed by atoms with van der Waals surface area (Å²) in [6.07, 6.45) is 3.31. The first-order chi connectivity index (χ1) is 16.8. The smallest absolute Gasteiger partial charge is 0.246 e. The molecule has 2 aliphatic rings. The van der Waals surface area contributed by atoms with Crippen molar-refractivity contribution in [1.82, 2.24) is 5.32 Å². The van der Waals surface area contributed by atoms with Crippen LogP contribution in [0.5, 0.6) is 0 Å². The van der Waals surface area contributed by atoms with E-state index in [4.69, 9.17) is 0 Å². The van der Waals surface area contributed by atoms with Gasteiger partial charge in [-0.05, 0) is 49.6 Å². The first-order valence-electron chi connectivity index (χ1n) is 12.1. The summed E-state index contributed by atoms with van der Waals surface area (Å²) in [5, 5.41) is 5.68. The third kappa shape index (κ3) is 5.96. The van der Waals surface area contributed by atoms with Crippen LogP contribution in [0.4, 0.5) is 25.8 Å². The monoisotopic (exact) mass is 484 g/mol. The van der Waals surface area contributed by atoms with Crippen LogP contribution in [0.3, 0.4) is 0 Å². The fourth-order valence-electron chi connectivity index (χ4n) is 4.66. The third-order valence-electron chi connectivity index (χ3n) is 6.45. The van der Waals surface area contributed by atoms with Crippen LogP contribution >= 0.6 is 0 Å². The molecule has 2 N–H and O–H groups in total. The number of hydrogen-bond donors (Lipinski definition) is 2. The van der Waals surface area contributed by atoms with Gasteiger partial charge in [0.05, 0.1) is 5.92 Å². The van der Waals surface area contributed by atoms with E-state index in [1.165, 1.54) is 4.90 Å². The standard InChI is InChI=1S/C26H30F2N4O3/c1-2-6-23(26(35)29-20-7-5-8-21(15-20)31-9-3-4-10-31)30-25(34)17-11-24(33)32(16-17)22-13-18(27)12-19(28)14-22/h5,7-8,12-15,17,23H,2-4,6,9-11,16H2,1H3,(H,29,35)(H,30,34). The molecule has 2 saturated heterocycles. The maximum atomic E-state index is 13.6. The van der Waals surface area contributed by atoms with Crippen molar-refractivity contribution in [3.8, 4) is 0 Å². The minimum atomic E-state index is -0.797. The normalized spacial score (nSPS) is 18.6. The fourth-order valence-corrected chi connectivity index (χ4v) is 4.66. The van der Waals surface area contributed by atoms with Gasteiger partial charge in [0, 0.05) is 49.2 Å². The molecule has 0 saturated carbocycles. The predicted octanol–water partition coefficient (Wildman–Crippen LogP) is 3.84. The Hall–Kier alpha value is -3.49. The van der Waals surface area contributed by atoms with Crippen LogP contribution < -0.4 is 20.4 Å². The van der Waals surface area contributed by atoms with Crippen molar-refractivity contribution in [2.75, 3.05) is 34.8 Å². The Morgan fingerprint density at radius 2 is 1.77 bits per heavy atom. The van der Waals surface area contributed by atoms with E-state index in [1.807, 2.05) is 31.2 Å². The van der Waals surface area contributed by atoms with Gasteiger partial charge in [-0.2, -0.15) is 0 Å². The topological polar surface area (TPSA) is 81.8 Å². The molecule has 2 heterocycles. The van der Waals surface area contributed by atoms with Crippen LogP contribution in [0.2, 0.25) is 0 Å². The van der Waals surface area contributed by atoms with Gasteiger partial charge in [0.15, 0.2) is 0 Å². The largest absolute Gasteiger partial charge is 0.371 e. The number of hydrogen-bond acceptors (Lipinski definition) is 4. The van der Waals surface area contributed by atoms with Crippen molar-refractivity contribution >= 4 is 34.8 Å². The molecule has 2 unspecified atom stereocenters. The predicted molar refractivity (Wildman–Crippen MR) is 130 cm³/mol. The Bertz CT molecular complexity index is 1080. The molecule has 0 aromatic heterocycles. The minimum absolute atomic E-state index is 0.00803. The van der Waals surface area contributed by atoms with Crippen LogP contribution in [0.25, 0.3) is 0 Å². The summed E-state index contributed by atoms with van der Waals surface area (Å²) < 4.78 is 27.2. The number of benzene rings is 2. The van der Waals surface area contributed by atoms with Crippen molar-refractivity contribution in [2.24, 2.45) is 5.92 Å². The van der Waals surface area contributed by atoms with E-state index in [2.05, 4.69) is 15.5 Å². The van der Waals surface area contributed by atoms with Crippen molar-refractivity contribution in [3.05, 3.63) is 54.1 Å². The lowest BCUT2D eigenvalue weighted by atomic mass is 10.1. The Balaban J connectivity index is 1.39. The van der Waals surface area contributed by atoms with Crippen molar-refractivity contribution in [3.63, 3.8) is 0 Å². The second-order valence-electron chi connectivity index (χ2n) is 9.12. The highest BCUT2D eigenvalue weighted by molar-refractivity contribution is 6.02. The summed E-state index contributed by atoms with van der Waals surface area (Å²) in [5.41, 5.74) is 1.78. The van der Waals surface area contributed by atoms with Crippen LogP contribution in [0, 0.1) is 17.6 Å². The Kier molecular flexibility index (Phi) is 7.63. The molecule has 0 aliphatic carbocycles. The lowest BCUT2D eigenvalue weighted by Gasteiger charge is -2.22. The second kappa shape index (κ2) is 10.8. The molecular formula is C26H30F2N4O3. The van der Waals surface area contributed by atoms with Gasteiger partial charge >= 0.3 is 0 Å². The molecule has 2 aliphatic heterocycles. The number of carbonyl (C=O) groups excluding carboxylic acids is 3. The van der Waals surface area contributed by atoms with Gasteiger partial charge in [0.25, 0.3) is 0 Å². The number of nitrogens with one attached hydrogen (secondary N) is 2. The molecule has 9 heteroatoms. The number of anilines is 3. The molecule has 2 aromatic rings. The highest BCUT2D eigenvalue weighted by Gasteiger charge is 2.37. The van der Waals surface area contributed by atoms with Crippen LogP contribution in [-0.2, 0) is 14.4 Å². The van der Waals surface area contributed by atoms with E-state index in [9.17, 15) is 23.2 Å². The molecular weight excluding hydrogens is 454 g/mol. The minimum Gasteiger partial charge on any atom is -0.371 e. The van der Waals surface area contributed by atoms with Gasteiger partial charge in [-0.3, -0.25) is 14.4 Å². The molecule has 3 amide bonds. The zero-order chi connectivity index (χ0) is 24.9. The fraction of sp³-hybridized carbons (Fsp3) is 0.423. The number of nitrogens with zero attached hydrogens (tertiary/aromatic N) is 2. The van der Waals surface area contributed by atoms with Crippen LogP contribution in [0.1, 0.15) is 39.0 Å². The zero-order valence-corrected chi connectivity index (χ0v) is 19.7. The Morgan fingerprint density at radius 1 is 1.06 bits per heavy atom. The molecule has 2 atom stereocenters. The van der Waals surface area contributed by atoms with Crippen LogP contribution in [0.15, 0.2) is 42.5 Å². The molecule has 186 valence electrons. The van der Waals surface area contributed by atoms with Crippen molar-refractivity contribution in [1.29, 1.82) is 0 Å². The van der Waals surface area contributed by atoms with E-state index < -0.39 is 35.4 Å². The molecule has 0 bridgehead atoms. The van der Waals surface area contributed by atoms with Gasteiger partial charge in [-0.1, -0.05) is 19.4 Å². The molecule has 0 spiro atoms. The summed E-state index contributed by atoms with van der Waals surface area (Å²) in [6.45, 7) is 3.89. The number of carbonyl (C=O) groups is 3. The lowest BCUT2D eigenvalue weighted by molar-refractivity contribution is -0.129. The van der Waals surface area contributed by atoms with E-state index in [0.29, 0.717) is 18.5 Å². The van der Waals surface area contributed by atoms with Crippen molar-refractivity contribution < 1.29 is 23.2 Å². The maximum absolute atomic E-state index is 13.6. The molecule has 4 rings (SSSR count). The summed E-state index contributed by atoms with van der Waals surface area (Å²) >= 11 is 0. The van der Waals surface area contributed by atoms with Gasteiger partial charge in [0.1, 0.15) is 17.7 Å². The van der Waals surface area contributed by atoms with E-state index in [-0.39, 0.29) is 24.6 Å². The summed E-state index contributed by atoms with van der Waals surface area (Å²) in [7, 11) is 0. The summed E-state index contributed by atoms with van der Waals surface area (Å²) in [5.74, 6) is -3.47. The molecule has 2 aromatic carbocycles. The average Bonchev–Trinajstić information content (AvgIpc) is 3.48. The molecule has 7 nitrogen and oxygen atoms in total. The molecule has 2 fully saturated rings. The first-order valence-corrected chi connectivity index (χ1v) is 12.1. The number of amides is 3. The van der Waals surface area contributed by atoms with Gasteiger partial charge in [0.2, 0.25) is 17.7 Å². The zero-order valence-electron chi connectivity index (χ0n) is 19.7. The number of rotatable bonds is 8. The average molecular weight is 485 g/mol. The SMILES string of the molecule is CCCC(NC(=O)C1CC(=O)N(c2cc(F)cc(F)c2)C1)C(=O)Nc1cccc(N2CCCC2)c1. The number of halogens is 2. The maximum Gasteiger partial charge on any atom is 0.246 e. The van der Waals surface area contributed by atoms with Crippen LogP contribution in [-0.4, -0.2) is 43.4 Å². The summed E-state index contributed by atoms with van der Waals surface area (Å²) in [4.78, 5) is 41.9. The quantitative estimate of drug-likeness (QED) is 0.597. The van der Waals surface area contributed by atoms with E-state index in [1.54, 1.807) is 0 Å². The first kappa shape index (κ1) is 24.6. The van der Waals surface area contributed by atoms with E-state index >= 15 is 0 Å². The molecule has 0 radical (unpaired) electrons. The highest BCUT2D eigenvalue weighted by atomic mass is 19.1. The second-order valence-corrected chi connectivity index (χ2v) is 9.12. The van der Waals surface area contributed by atoms with E-state index in [0.717, 1.165) is 49.8 Å². The Morgan fingerprint density at radius 3 is 2.46 bits per heavy atom. The van der Waals surface area contributed by atoms with Gasteiger partial charge < -0.3 is 20.4 Å². The summed E-state index contributed by atoms with van der Waals surface area (Å²) in [6, 6.07) is 9.73. The van der Waals surface area contributed by atoms with Gasteiger partial charge in [-0.15, -0.1) is 0 Å². The highest BCUT2D eigenvalue weighted by Crippen LogP contribution is 2.27. The third-order valence-corrected chi connectivity index (χ3v) is 6.45. The van der Waals surface area contributed by atoms with Crippen molar-refractivity contribution in [2.45, 2.75) is 45.1 Å². The molecule has 35 heavy (non-hydrogen) atoms. The Labute approximate surface area is 203 Å². The van der Waals surface area contributed by atoms with Gasteiger partial charge in [-0.25, -0.2) is 8.78 Å².